The fourth-order valence-electron chi connectivity index (χ4n) is 1.73. The molecule has 1 rings (SSSR count). The van der Waals surface area contributed by atoms with E-state index in [1.807, 2.05) is 17.8 Å². The van der Waals surface area contributed by atoms with E-state index in [1.54, 1.807) is 0 Å². The second-order valence-electron chi connectivity index (χ2n) is 5.27. The minimum absolute atomic E-state index is 0.383. The number of nitrogens with one attached hydrogen (secondary N) is 1. The Morgan fingerprint density at radius 1 is 1.33 bits per heavy atom. The Morgan fingerprint density at radius 3 is 2.56 bits per heavy atom. The Hall–Kier alpha value is -0.870. The monoisotopic (exact) mass is 253 g/mol. The molecule has 1 N–H and O–H groups in total. The molecule has 1 atom stereocenters. The predicted molar refractivity (Wildman–Crippen MR) is 74.6 cm³/mol. The quantitative estimate of drug-likeness (QED) is 0.774. The van der Waals surface area contributed by atoms with Crippen LogP contribution in [0.15, 0.2) is 12.3 Å². The van der Waals surface area contributed by atoms with E-state index in [0.717, 1.165) is 25.5 Å². The van der Waals surface area contributed by atoms with Crippen molar-refractivity contribution in [1.29, 1.82) is 0 Å². The van der Waals surface area contributed by atoms with Gasteiger partial charge in [0, 0.05) is 31.4 Å². The average Bonchev–Trinajstić information content (AvgIpc) is 2.77. The van der Waals surface area contributed by atoms with Crippen LogP contribution in [0.4, 0.5) is 0 Å². The van der Waals surface area contributed by atoms with E-state index in [1.165, 1.54) is 0 Å². The van der Waals surface area contributed by atoms with Gasteiger partial charge in [0.15, 0.2) is 0 Å². The minimum Gasteiger partial charge on any atom is -0.380 e. The van der Waals surface area contributed by atoms with E-state index < -0.39 is 0 Å². The normalized spacial score (nSPS) is 13.5. The lowest BCUT2D eigenvalue weighted by Gasteiger charge is -2.21. The van der Waals surface area contributed by atoms with Crippen LogP contribution in [0.5, 0.6) is 0 Å². The van der Waals surface area contributed by atoms with Crippen molar-refractivity contribution >= 4 is 0 Å². The molecule has 18 heavy (non-hydrogen) atoms. The first kappa shape index (κ1) is 15.2. The van der Waals surface area contributed by atoms with Gasteiger partial charge in [-0.1, -0.05) is 13.8 Å². The summed E-state index contributed by atoms with van der Waals surface area (Å²) in [4.78, 5) is 0. The van der Waals surface area contributed by atoms with E-state index in [0.29, 0.717) is 18.0 Å². The summed E-state index contributed by atoms with van der Waals surface area (Å²) in [7, 11) is 0. The van der Waals surface area contributed by atoms with Crippen molar-refractivity contribution in [3.63, 3.8) is 0 Å². The van der Waals surface area contributed by atoms with Crippen LogP contribution in [0.25, 0.3) is 0 Å². The summed E-state index contributed by atoms with van der Waals surface area (Å²) in [6.45, 7) is 13.1. The van der Waals surface area contributed by atoms with Gasteiger partial charge in [-0.2, -0.15) is 5.10 Å². The Balaban J connectivity index is 2.45. The topological polar surface area (TPSA) is 39.1 Å². The molecule has 0 spiro atoms. The van der Waals surface area contributed by atoms with Crippen LogP contribution in [0.1, 0.15) is 46.4 Å². The molecule has 0 bridgehead atoms. The maximum absolute atomic E-state index is 5.50. The van der Waals surface area contributed by atoms with Crippen molar-refractivity contribution in [1.82, 2.24) is 15.1 Å². The first-order valence-corrected chi connectivity index (χ1v) is 6.89. The highest BCUT2D eigenvalue weighted by molar-refractivity contribution is 4.99. The maximum Gasteiger partial charge on any atom is 0.0762 e. The zero-order valence-electron chi connectivity index (χ0n) is 12.3. The van der Waals surface area contributed by atoms with Crippen LogP contribution in [0.2, 0.25) is 0 Å². The number of aromatic nitrogens is 2. The average molecular weight is 253 g/mol. The van der Waals surface area contributed by atoms with Gasteiger partial charge in [0.2, 0.25) is 0 Å². The second-order valence-corrected chi connectivity index (χ2v) is 5.27. The SMILES string of the molecule is CCOCC(NCc1ccn(C(C)C)n1)C(C)C. The molecular weight excluding hydrogens is 226 g/mol. The van der Waals surface area contributed by atoms with Gasteiger partial charge in [0.25, 0.3) is 0 Å². The molecule has 1 unspecified atom stereocenters. The van der Waals surface area contributed by atoms with Crippen molar-refractivity contribution in [2.75, 3.05) is 13.2 Å². The fraction of sp³-hybridized carbons (Fsp3) is 0.786. The number of hydrogen-bond acceptors (Lipinski definition) is 3. The minimum atomic E-state index is 0.383. The third-order valence-electron chi connectivity index (χ3n) is 3.04. The van der Waals surface area contributed by atoms with E-state index >= 15 is 0 Å². The largest absolute Gasteiger partial charge is 0.380 e. The standard InChI is InChI=1S/C14H27N3O/c1-6-18-10-14(11(2)3)15-9-13-7-8-17(16-13)12(4)5/h7-8,11-12,14-15H,6,9-10H2,1-5H3. The Labute approximate surface area is 111 Å². The molecule has 0 aliphatic rings. The summed E-state index contributed by atoms with van der Waals surface area (Å²) in [5, 5.41) is 8.06. The van der Waals surface area contributed by atoms with Crippen LogP contribution in [-0.2, 0) is 11.3 Å². The maximum atomic E-state index is 5.50. The number of hydrogen-bond donors (Lipinski definition) is 1. The number of rotatable bonds is 8. The van der Waals surface area contributed by atoms with Gasteiger partial charge in [0.05, 0.1) is 12.3 Å². The molecule has 0 saturated carbocycles. The lowest BCUT2D eigenvalue weighted by molar-refractivity contribution is 0.107. The molecule has 1 heterocycles. The van der Waals surface area contributed by atoms with Gasteiger partial charge in [-0.25, -0.2) is 0 Å². The highest BCUT2D eigenvalue weighted by atomic mass is 16.5. The lowest BCUT2D eigenvalue weighted by Crippen LogP contribution is -2.37. The molecule has 1 aromatic rings. The molecule has 0 amide bonds. The van der Waals surface area contributed by atoms with Crippen LogP contribution in [-0.4, -0.2) is 29.0 Å². The van der Waals surface area contributed by atoms with Crippen LogP contribution in [0, 0.1) is 5.92 Å². The van der Waals surface area contributed by atoms with Gasteiger partial charge >= 0.3 is 0 Å². The summed E-state index contributed by atoms with van der Waals surface area (Å²) in [5.41, 5.74) is 1.09. The van der Waals surface area contributed by atoms with Crippen LogP contribution >= 0.6 is 0 Å². The Bertz CT molecular complexity index is 334. The zero-order valence-corrected chi connectivity index (χ0v) is 12.3. The van der Waals surface area contributed by atoms with E-state index in [4.69, 9.17) is 4.74 Å². The molecule has 0 radical (unpaired) electrons. The third-order valence-corrected chi connectivity index (χ3v) is 3.04. The fourth-order valence-corrected chi connectivity index (χ4v) is 1.73. The summed E-state index contributed by atoms with van der Waals surface area (Å²) in [6, 6.07) is 2.88. The summed E-state index contributed by atoms with van der Waals surface area (Å²) in [5.74, 6) is 0.559. The molecule has 0 aromatic carbocycles. The molecule has 1 aromatic heterocycles. The van der Waals surface area contributed by atoms with Gasteiger partial charge in [0.1, 0.15) is 0 Å². The van der Waals surface area contributed by atoms with E-state index in [-0.39, 0.29) is 0 Å². The first-order valence-electron chi connectivity index (χ1n) is 6.89. The van der Waals surface area contributed by atoms with Crippen molar-refractivity contribution in [2.45, 2.75) is 53.2 Å². The van der Waals surface area contributed by atoms with Crippen molar-refractivity contribution < 1.29 is 4.74 Å². The molecular formula is C14H27N3O. The summed E-state index contributed by atoms with van der Waals surface area (Å²) in [6.07, 6.45) is 2.04. The van der Waals surface area contributed by atoms with Gasteiger partial charge in [-0.05, 0) is 32.8 Å². The second kappa shape index (κ2) is 7.54. The number of ether oxygens (including phenoxy) is 1. The van der Waals surface area contributed by atoms with Crippen molar-refractivity contribution in [2.24, 2.45) is 5.92 Å². The Kier molecular flexibility index (Phi) is 6.36. The summed E-state index contributed by atoms with van der Waals surface area (Å²) < 4.78 is 7.49. The third kappa shape index (κ3) is 4.78. The van der Waals surface area contributed by atoms with Gasteiger partial charge in [-0.3, -0.25) is 4.68 Å². The van der Waals surface area contributed by atoms with Crippen molar-refractivity contribution in [3.8, 4) is 0 Å². The van der Waals surface area contributed by atoms with Gasteiger partial charge in [-0.15, -0.1) is 0 Å². The zero-order chi connectivity index (χ0) is 13.5. The van der Waals surface area contributed by atoms with Gasteiger partial charge < -0.3 is 10.1 Å². The lowest BCUT2D eigenvalue weighted by atomic mass is 10.1. The van der Waals surface area contributed by atoms with Crippen molar-refractivity contribution in [3.05, 3.63) is 18.0 Å². The smallest absolute Gasteiger partial charge is 0.0762 e. The Morgan fingerprint density at radius 2 is 2.06 bits per heavy atom. The highest BCUT2D eigenvalue weighted by Crippen LogP contribution is 2.06. The molecule has 4 nitrogen and oxygen atoms in total. The summed E-state index contributed by atoms with van der Waals surface area (Å²) >= 11 is 0. The first-order chi connectivity index (χ1) is 8.54. The van der Waals surface area contributed by atoms with E-state index in [9.17, 15) is 0 Å². The van der Waals surface area contributed by atoms with Crippen LogP contribution < -0.4 is 5.32 Å². The molecule has 0 aliphatic carbocycles. The number of nitrogens with zero attached hydrogens (tertiary/aromatic N) is 2. The molecule has 0 fully saturated rings. The van der Waals surface area contributed by atoms with Crippen LogP contribution in [0.3, 0.4) is 0 Å². The molecule has 4 heteroatoms. The molecule has 0 aliphatic heterocycles. The highest BCUT2D eigenvalue weighted by Gasteiger charge is 2.13. The molecule has 0 saturated heterocycles. The van der Waals surface area contributed by atoms with E-state index in [2.05, 4.69) is 44.2 Å². The molecule has 104 valence electrons. The predicted octanol–water partition coefficient (Wildman–Crippen LogP) is 2.61.